The van der Waals surface area contributed by atoms with Crippen LogP contribution >= 0.6 is 0 Å². The van der Waals surface area contributed by atoms with Crippen molar-refractivity contribution in [2.24, 2.45) is 0 Å². The zero-order chi connectivity index (χ0) is 24.4. The molecule has 1 aliphatic heterocycles. The minimum Gasteiger partial charge on any atom is -0.340 e. The summed E-state index contributed by atoms with van der Waals surface area (Å²) < 4.78 is 6.97. The molecule has 0 aliphatic carbocycles. The largest absolute Gasteiger partial charge is 0.340 e. The van der Waals surface area contributed by atoms with Gasteiger partial charge in [-0.2, -0.15) is 4.98 Å². The maximum Gasteiger partial charge on any atom is 0.261 e. The Morgan fingerprint density at radius 1 is 1.03 bits per heavy atom. The van der Waals surface area contributed by atoms with Crippen LogP contribution < -0.4 is 5.56 Å². The maximum atomic E-state index is 12.8. The van der Waals surface area contributed by atoms with E-state index in [0.717, 1.165) is 24.2 Å². The van der Waals surface area contributed by atoms with Gasteiger partial charge in [0.15, 0.2) is 0 Å². The summed E-state index contributed by atoms with van der Waals surface area (Å²) >= 11 is 0. The van der Waals surface area contributed by atoms with Crippen molar-refractivity contribution in [2.45, 2.75) is 33.4 Å². The Morgan fingerprint density at radius 2 is 1.80 bits per heavy atom. The summed E-state index contributed by atoms with van der Waals surface area (Å²) in [5.41, 5.74) is 3.68. The molecule has 2 aromatic heterocycles. The summed E-state index contributed by atoms with van der Waals surface area (Å²) in [5, 5.41) is 4.68. The number of benzene rings is 2. The van der Waals surface area contributed by atoms with Gasteiger partial charge in [-0.3, -0.25) is 19.1 Å². The van der Waals surface area contributed by atoms with Crippen LogP contribution in [0.1, 0.15) is 23.4 Å². The SMILES string of the molecule is Cc1ccc(-c2noc(CN3CCN(C(=O)CCn4cnc5c(C)cccc5c4=O)CC3)n2)cc1. The molecule has 180 valence electrons. The number of piperazine rings is 1. The van der Waals surface area contributed by atoms with E-state index in [2.05, 4.69) is 20.0 Å². The van der Waals surface area contributed by atoms with Crippen molar-refractivity contribution in [3.05, 3.63) is 76.2 Å². The molecular formula is C26H28N6O3. The first-order chi connectivity index (χ1) is 17.0. The van der Waals surface area contributed by atoms with Gasteiger partial charge >= 0.3 is 0 Å². The number of aryl methyl sites for hydroxylation is 3. The number of fused-ring (bicyclic) bond motifs is 1. The third kappa shape index (κ3) is 5.00. The van der Waals surface area contributed by atoms with Gasteiger partial charge in [-0.15, -0.1) is 0 Å². The van der Waals surface area contributed by atoms with Gasteiger partial charge in [-0.05, 0) is 25.5 Å². The highest BCUT2D eigenvalue weighted by Gasteiger charge is 2.23. The highest BCUT2D eigenvalue weighted by molar-refractivity contribution is 5.80. The average Bonchev–Trinajstić information content (AvgIpc) is 3.33. The Balaban J connectivity index is 1.13. The van der Waals surface area contributed by atoms with Crippen LogP contribution in [0, 0.1) is 13.8 Å². The Hall–Kier alpha value is -3.85. The third-order valence-corrected chi connectivity index (χ3v) is 6.48. The van der Waals surface area contributed by atoms with Gasteiger partial charge < -0.3 is 9.42 Å². The fourth-order valence-corrected chi connectivity index (χ4v) is 4.36. The van der Waals surface area contributed by atoms with Crippen LogP contribution in [0.5, 0.6) is 0 Å². The zero-order valence-electron chi connectivity index (χ0n) is 20.0. The number of nitrogens with zero attached hydrogens (tertiary/aromatic N) is 6. The second-order valence-corrected chi connectivity index (χ2v) is 9.00. The molecule has 0 spiro atoms. The van der Waals surface area contributed by atoms with Crippen molar-refractivity contribution in [2.75, 3.05) is 26.2 Å². The summed E-state index contributed by atoms with van der Waals surface area (Å²) in [6.45, 7) is 7.55. The molecule has 5 rings (SSSR count). The molecule has 0 radical (unpaired) electrons. The molecule has 9 nitrogen and oxygen atoms in total. The van der Waals surface area contributed by atoms with E-state index in [1.54, 1.807) is 6.07 Å². The van der Waals surface area contributed by atoms with E-state index in [-0.39, 0.29) is 17.9 Å². The summed E-state index contributed by atoms with van der Waals surface area (Å²) in [4.78, 5) is 38.5. The third-order valence-electron chi connectivity index (χ3n) is 6.48. The average molecular weight is 473 g/mol. The summed E-state index contributed by atoms with van der Waals surface area (Å²) in [6.07, 6.45) is 1.81. The summed E-state index contributed by atoms with van der Waals surface area (Å²) in [5.74, 6) is 1.20. The minimum atomic E-state index is -0.110. The van der Waals surface area contributed by atoms with Crippen LogP contribution in [0.2, 0.25) is 0 Å². The van der Waals surface area contributed by atoms with Gasteiger partial charge in [-0.25, -0.2) is 4.98 Å². The number of carbonyl (C=O) groups excluding carboxylic acids is 1. The molecule has 1 fully saturated rings. The Morgan fingerprint density at radius 3 is 2.57 bits per heavy atom. The van der Waals surface area contributed by atoms with E-state index in [9.17, 15) is 9.59 Å². The topological polar surface area (TPSA) is 97.4 Å². The normalized spacial score (nSPS) is 14.5. The molecule has 0 saturated carbocycles. The number of rotatable bonds is 6. The molecule has 9 heteroatoms. The Kier molecular flexibility index (Phi) is 6.41. The number of amides is 1. The molecule has 1 aliphatic rings. The number of hydrogen-bond acceptors (Lipinski definition) is 7. The van der Waals surface area contributed by atoms with Crippen LogP contribution in [0.4, 0.5) is 0 Å². The van der Waals surface area contributed by atoms with Crippen LogP contribution in [-0.4, -0.2) is 61.6 Å². The summed E-state index contributed by atoms with van der Waals surface area (Å²) in [6, 6.07) is 13.6. The van der Waals surface area contributed by atoms with Gasteiger partial charge in [0.05, 0.1) is 23.8 Å². The maximum absolute atomic E-state index is 12.8. The van der Waals surface area contributed by atoms with Gasteiger partial charge in [-0.1, -0.05) is 47.1 Å². The molecule has 0 unspecified atom stereocenters. The second kappa shape index (κ2) is 9.79. The lowest BCUT2D eigenvalue weighted by Crippen LogP contribution is -2.48. The predicted molar refractivity (Wildman–Crippen MR) is 132 cm³/mol. The lowest BCUT2D eigenvalue weighted by atomic mass is 10.1. The Bertz CT molecular complexity index is 1400. The van der Waals surface area contributed by atoms with E-state index in [1.165, 1.54) is 16.5 Å². The van der Waals surface area contributed by atoms with Crippen LogP contribution in [0.3, 0.4) is 0 Å². The first-order valence-electron chi connectivity index (χ1n) is 11.8. The molecule has 4 aromatic rings. The van der Waals surface area contributed by atoms with Crippen molar-refractivity contribution < 1.29 is 9.32 Å². The molecule has 0 bridgehead atoms. The number of para-hydroxylation sites is 1. The summed E-state index contributed by atoms with van der Waals surface area (Å²) in [7, 11) is 0. The molecule has 2 aromatic carbocycles. The fraction of sp³-hybridized carbons (Fsp3) is 0.346. The lowest BCUT2D eigenvalue weighted by molar-refractivity contribution is -0.133. The van der Waals surface area contributed by atoms with Crippen LogP contribution in [-0.2, 0) is 17.9 Å². The van der Waals surface area contributed by atoms with E-state index in [4.69, 9.17) is 4.52 Å². The number of carbonyl (C=O) groups is 1. The minimum absolute atomic E-state index is 0.0420. The highest BCUT2D eigenvalue weighted by Crippen LogP contribution is 2.17. The van der Waals surface area contributed by atoms with E-state index in [0.29, 0.717) is 48.8 Å². The molecular weight excluding hydrogens is 444 g/mol. The van der Waals surface area contributed by atoms with Crippen molar-refractivity contribution >= 4 is 16.8 Å². The van der Waals surface area contributed by atoms with Crippen molar-refractivity contribution in [3.63, 3.8) is 0 Å². The van der Waals surface area contributed by atoms with Gasteiger partial charge in [0.1, 0.15) is 0 Å². The van der Waals surface area contributed by atoms with Gasteiger partial charge in [0.25, 0.3) is 5.56 Å². The quantitative estimate of drug-likeness (QED) is 0.426. The molecule has 0 N–H and O–H groups in total. The smallest absolute Gasteiger partial charge is 0.261 e. The molecule has 35 heavy (non-hydrogen) atoms. The fourth-order valence-electron chi connectivity index (χ4n) is 4.36. The highest BCUT2D eigenvalue weighted by atomic mass is 16.5. The molecule has 1 amide bonds. The van der Waals surface area contributed by atoms with Crippen molar-refractivity contribution in [1.29, 1.82) is 0 Å². The van der Waals surface area contributed by atoms with Crippen LogP contribution in [0.25, 0.3) is 22.3 Å². The van der Waals surface area contributed by atoms with E-state index in [1.807, 2.05) is 55.1 Å². The van der Waals surface area contributed by atoms with E-state index >= 15 is 0 Å². The van der Waals surface area contributed by atoms with Gasteiger partial charge in [0, 0.05) is 44.7 Å². The lowest BCUT2D eigenvalue weighted by Gasteiger charge is -2.34. The molecule has 3 heterocycles. The van der Waals surface area contributed by atoms with Crippen molar-refractivity contribution in [3.8, 4) is 11.4 Å². The van der Waals surface area contributed by atoms with E-state index < -0.39 is 0 Å². The van der Waals surface area contributed by atoms with Crippen LogP contribution in [0.15, 0.2) is 58.1 Å². The molecule has 1 saturated heterocycles. The van der Waals surface area contributed by atoms with Gasteiger partial charge in [0.2, 0.25) is 17.6 Å². The van der Waals surface area contributed by atoms with Crippen molar-refractivity contribution in [1.82, 2.24) is 29.5 Å². The first kappa shape index (κ1) is 22.9. The Labute approximate surface area is 203 Å². The second-order valence-electron chi connectivity index (χ2n) is 9.00. The first-order valence-corrected chi connectivity index (χ1v) is 11.8. The predicted octanol–water partition coefficient (Wildman–Crippen LogP) is 2.80. The number of hydrogen-bond donors (Lipinski definition) is 0. The number of aromatic nitrogens is 4. The monoisotopic (exact) mass is 472 g/mol. The standard InChI is InChI=1S/C26H28N6O3/c1-18-6-8-20(9-7-18)25-28-22(35-29-25)16-30-12-14-31(15-13-30)23(33)10-11-32-17-27-24-19(2)4-3-5-21(24)26(32)34/h3-9,17H,10-16H2,1-2H3. The zero-order valence-corrected chi connectivity index (χ0v) is 20.0. The molecule has 0 atom stereocenters.